The number of fused-ring (bicyclic) bond motifs is 8. The quantitative estimate of drug-likeness (QED) is 0.179. The molecule has 3 aromatic heterocycles. The van der Waals surface area contributed by atoms with Gasteiger partial charge in [0.15, 0.2) is 0 Å². The van der Waals surface area contributed by atoms with Gasteiger partial charge >= 0.3 is 0 Å². The molecule has 2 aliphatic rings. The second-order valence-electron chi connectivity index (χ2n) is 9.06. The zero-order valence-electron chi connectivity index (χ0n) is 21.1. The Hall–Kier alpha value is -4.53. The van der Waals surface area contributed by atoms with Gasteiger partial charge in [-0.2, -0.15) is 0 Å². The van der Waals surface area contributed by atoms with E-state index in [1.807, 2.05) is 85.0 Å². The molecular formula is C34H26N4Pt. The van der Waals surface area contributed by atoms with E-state index in [1.165, 1.54) is 11.1 Å². The minimum atomic E-state index is 0. The molecule has 192 valence electrons. The van der Waals surface area contributed by atoms with E-state index in [1.54, 1.807) is 0 Å². The molecule has 0 spiro atoms. The molecule has 5 heteroatoms. The van der Waals surface area contributed by atoms with Crippen LogP contribution < -0.4 is 0 Å². The predicted molar refractivity (Wildman–Crippen MR) is 161 cm³/mol. The van der Waals surface area contributed by atoms with Crippen molar-refractivity contribution in [3.63, 3.8) is 0 Å². The van der Waals surface area contributed by atoms with Crippen molar-refractivity contribution in [2.45, 2.75) is 0 Å². The van der Waals surface area contributed by atoms with Crippen molar-refractivity contribution in [2.24, 2.45) is 0 Å². The summed E-state index contributed by atoms with van der Waals surface area (Å²) >= 11 is 0. The molecule has 8 bridgehead atoms. The van der Waals surface area contributed by atoms with Crippen molar-refractivity contribution in [1.29, 1.82) is 0 Å². The molecule has 5 heterocycles. The summed E-state index contributed by atoms with van der Waals surface area (Å²) in [6.45, 7) is 0. The fourth-order valence-electron chi connectivity index (χ4n) is 4.26. The molecule has 0 atom stereocenters. The number of nitrogens with one attached hydrogen (secondary N) is 2. The molecule has 2 aromatic carbocycles. The van der Waals surface area contributed by atoms with Crippen LogP contribution in [-0.4, -0.2) is 19.9 Å². The third-order valence-electron chi connectivity index (χ3n) is 6.11. The van der Waals surface area contributed by atoms with Gasteiger partial charge in [-0.3, -0.25) is 0 Å². The fourth-order valence-corrected chi connectivity index (χ4v) is 4.26. The Morgan fingerprint density at radius 1 is 0.410 bits per heavy atom. The van der Waals surface area contributed by atoms with Crippen LogP contribution in [0.25, 0.3) is 58.5 Å². The van der Waals surface area contributed by atoms with Crippen LogP contribution in [0.1, 0.15) is 33.9 Å². The molecule has 0 amide bonds. The normalized spacial score (nSPS) is 11.6. The number of H-pyrrole nitrogens is 2. The van der Waals surface area contributed by atoms with Crippen LogP contribution in [-0.2, 0) is 21.1 Å². The molecule has 0 saturated carbocycles. The van der Waals surface area contributed by atoms with Crippen molar-refractivity contribution in [3.05, 3.63) is 143 Å². The van der Waals surface area contributed by atoms with Gasteiger partial charge in [-0.15, -0.1) is 0 Å². The summed E-state index contributed by atoms with van der Waals surface area (Å²) < 4.78 is 0. The number of aromatic amines is 2. The SMILES string of the molecule is C(=C\c1ccccc1)/c1ccccc1.C1=Cc2cc3ccc(cc4nc(cc5ccc(cc1n2)[nH]5)C=C4)[nH]3.[Pt]. The van der Waals surface area contributed by atoms with E-state index in [2.05, 4.69) is 80.6 Å². The fraction of sp³-hybridized carbons (Fsp3) is 0. The van der Waals surface area contributed by atoms with Crippen LogP contribution in [0.4, 0.5) is 0 Å². The van der Waals surface area contributed by atoms with Gasteiger partial charge < -0.3 is 9.97 Å². The Kier molecular flexibility index (Phi) is 8.26. The largest absolute Gasteiger partial charge is 0.355 e. The Morgan fingerprint density at radius 3 is 1.03 bits per heavy atom. The number of nitrogens with zero attached hydrogens (tertiary/aromatic N) is 2. The van der Waals surface area contributed by atoms with Gasteiger partial charge in [-0.25, -0.2) is 9.97 Å². The summed E-state index contributed by atoms with van der Waals surface area (Å²) in [5, 5.41) is 0. The Bertz CT molecular complexity index is 1590. The molecule has 39 heavy (non-hydrogen) atoms. The van der Waals surface area contributed by atoms with Gasteiger partial charge in [-0.05, 0) is 84.0 Å². The molecule has 0 radical (unpaired) electrons. The van der Waals surface area contributed by atoms with Crippen molar-refractivity contribution >= 4 is 58.5 Å². The minimum Gasteiger partial charge on any atom is -0.355 e. The first-order chi connectivity index (χ1) is 18.7. The van der Waals surface area contributed by atoms with Crippen LogP contribution in [0.15, 0.2) is 109 Å². The molecule has 0 saturated heterocycles. The van der Waals surface area contributed by atoms with E-state index in [0.29, 0.717) is 0 Å². The van der Waals surface area contributed by atoms with Crippen molar-refractivity contribution in [3.8, 4) is 0 Å². The second-order valence-corrected chi connectivity index (χ2v) is 9.06. The molecule has 2 N–H and O–H groups in total. The molecule has 2 aliphatic heterocycles. The summed E-state index contributed by atoms with van der Waals surface area (Å²) in [6, 6.07) is 37.0. The van der Waals surface area contributed by atoms with Crippen molar-refractivity contribution in [1.82, 2.24) is 19.9 Å². The smallest absolute Gasteiger partial charge is 0.0658 e. The number of rotatable bonds is 2. The van der Waals surface area contributed by atoms with Crippen LogP contribution in [0.2, 0.25) is 0 Å². The first kappa shape index (κ1) is 26.1. The second kappa shape index (κ2) is 12.3. The van der Waals surface area contributed by atoms with E-state index in [0.717, 1.165) is 44.8 Å². The first-order valence-corrected chi connectivity index (χ1v) is 12.6. The maximum atomic E-state index is 4.63. The van der Waals surface area contributed by atoms with E-state index in [-0.39, 0.29) is 21.1 Å². The number of hydrogen-bond donors (Lipinski definition) is 2. The van der Waals surface area contributed by atoms with Crippen LogP contribution in [0.5, 0.6) is 0 Å². The molecule has 7 rings (SSSR count). The van der Waals surface area contributed by atoms with Gasteiger partial charge in [0.2, 0.25) is 0 Å². The monoisotopic (exact) mass is 685 g/mol. The maximum absolute atomic E-state index is 4.63. The number of aromatic nitrogens is 4. The molecular weight excluding hydrogens is 659 g/mol. The molecule has 0 aliphatic carbocycles. The van der Waals surface area contributed by atoms with E-state index >= 15 is 0 Å². The van der Waals surface area contributed by atoms with Crippen LogP contribution in [0.3, 0.4) is 0 Å². The van der Waals surface area contributed by atoms with E-state index in [9.17, 15) is 0 Å². The summed E-state index contributed by atoms with van der Waals surface area (Å²) in [5.41, 5.74) is 10.3. The average Bonchev–Trinajstić information content (AvgIpc) is 3.76. The van der Waals surface area contributed by atoms with Crippen molar-refractivity contribution < 1.29 is 21.1 Å². The third-order valence-corrected chi connectivity index (χ3v) is 6.11. The first-order valence-electron chi connectivity index (χ1n) is 12.6. The standard InChI is InChI=1S/C20H14N4.C14H12.Pt/c1-2-14-10-16-5-6-18(23-16)12-20-8-7-19(24-20)11-17-4-3-15(22-17)9-13(1)21-14;1-3-7-13(8-4-1)11-12-14-9-5-2-6-10-14;/h1-12,21,24H;1-12H;/b;12-11+;. The summed E-state index contributed by atoms with van der Waals surface area (Å²) in [4.78, 5) is 16.0. The van der Waals surface area contributed by atoms with E-state index < -0.39 is 0 Å². The maximum Gasteiger partial charge on any atom is 0.0658 e. The van der Waals surface area contributed by atoms with Crippen LogP contribution >= 0.6 is 0 Å². The number of benzene rings is 2. The number of hydrogen-bond acceptors (Lipinski definition) is 2. The summed E-state index contributed by atoms with van der Waals surface area (Å²) in [5.74, 6) is 0. The minimum absolute atomic E-state index is 0. The molecule has 0 fully saturated rings. The molecule has 0 unspecified atom stereocenters. The van der Waals surface area contributed by atoms with Gasteiger partial charge in [0.05, 0.1) is 22.8 Å². The molecule has 4 nitrogen and oxygen atoms in total. The zero-order valence-corrected chi connectivity index (χ0v) is 23.3. The predicted octanol–water partition coefficient (Wildman–Crippen LogP) is 8.51. The van der Waals surface area contributed by atoms with Gasteiger partial charge in [0.1, 0.15) is 0 Å². The summed E-state index contributed by atoms with van der Waals surface area (Å²) in [6.07, 6.45) is 12.3. The Morgan fingerprint density at radius 2 is 0.718 bits per heavy atom. The molecule has 5 aromatic rings. The summed E-state index contributed by atoms with van der Waals surface area (Å²) in [7, 11) is 0. The average molecular weight is 686 g/mol. The van der Waals surface area contributed by atoms with Gasteiger partial charge in [-0.1, -0.05) is 72.8 Å². The van der Waals surface area contributed by atoms with Crippen LogP contribution in [0, 0.1) is 0 Å². The van der Waals surface area contributed by atoms with Gasteiger partial charge in [0.25, 0.3) is 0 Å². The van der Waals surface area contributed by atoms with Crippen molar-refractivity contribution in [2.75, 3.05) is 0 Å². The Balaban J connectivity index is 0.000000177. The Labute approximate surface area is 241 Å². The van der Waals surface area contributed by atoms with E-state index in [4.69, 9.17) is 0 Å². The topological polar surface area (TPSA) is 57.4 Å². The van der Waals surface area contributed by atoms with Gasteiger partial charge in [0, 0.05) is 43.1 Å². The third kappa shape index (κ3) is 7.07. The zero-order chi connectivity index (χ0) is 25.6.